The highest BCUT2D eigenvalue weighted by molar-refractivity contribution is 5.61. The lowest BCUT2D eigenvalue weighted by molar-refractivity contribution is 0.100. The molecule has 114 valence electrons. The average Bonchev–Trinajstić information content (AvgIpc) is 2.96. The van der Waals surface area contributed by atoms with Crippen molar-refractivity contribution in [2.75, 3.05) is 13.2 Å². The topological polar surface area (TPSA) is 80.4 Å². The zero-order valence-corrected chi connectivity index (χ0v) is 12.5. The summed E-state index contributed by atoms with van der Waals surface area (Å²) in [6.45, 7) is 6.79. The Kier molecular flexibility index (Phi) is 4.93. The minimum atomic E-state index is -0.597. The highest BCUT2D eigenvalue weighted by Crippen LogP contribution is 2.27. The number of aromatic nitrogens is 2. The smallest absolute Gasteiger partial charge is 0.251 e. The third-order valence-corrected chi connectivity index (χ3v) is 2.78. The molecule has 1 unspecified atom stereocenters. The van der Waals surface area contributed by atoms with Gasteiger partial charge in [0.1, 0.15) is 18.5 Å². The Morgan fingerprint density at radius 2 is 2.10 bits per heavy atom. The van der Waals surface area contributed by atoms with Gasteiger partial charge in [0.25, 0.3) is 5.89 Å². The zero-order valence-electron chi connectivity index (χ0n) is 12.5. The first-order valence-corrected chi connectivity index (χ1v) is 6.87. The van der Waals surface area contributed by atoms with E-state index in [1.54, 1.807) is 0 Å². The number of aliphatic hydroxyl groups excluding tert-OH is 1. The highest BCUT2D eigenvalue weighted by Gasteiger charge is 2.15. The number of aliphatic hydroxyl groups is 1. The molecule has 6 nitrogen and oxygen atoms in total. The lowest BCUT2D eigenvalue weighted by Crippen LogP contribution is -2.42. The SMILES string of the molecule is CC(C)(C)NCC(O)COc1ccccc1-c1nnco1. The predicted octanol–water partition coefficient (Wildman–Crippen LogP) is 1.86. The summed E-state index contributed by atoms with van der Waals surface area (Å²) in [5.41, 5.74) is 0.675. The average molecular weight is 291 g/mol. The van der Waals surface area contributed by atoms with Crippen LogP contribution < -0.4 is 10.1 Å². The molecule has 21 heavy (non-hydrogen) atoms. The van der Waals surface area contributed by atoms with Crippen molar-refractivity contribution in [3.8, 4) is 17.2 Å². The van der Waals surface area contributed by atoms with Crippen molar-refractivity contribution in [2.45, 2.75) is 32.4 Å². The molecule has 1 aromatic heterocycles. The number of β-amino-alcohol motifs (C(OH)–C–C–N with tert-alkyl or cyclic N) is 1. The molecule has 2 aromatic rings. The third kappa shape index (κ3) is 4.84. The van der Waals surface area contributed by atoms with E-state index in [0.717, 1.165) is 0 Å². The molecule has 6 heteroatoms. The zero-order chi connectivity index (χ0) is 15.3. The van der Waals surface area contributed by atoms with Crippen LogP contribution in [0.15, 0.2) is 35.1 Å². The van der Waals surface area contributed by atoms with Crippen LogP contribution in [0.2, 0.25) is 0 Å². The van der Waals surface area contributed by atoms with E-state index < -0.39 is 6.10 Å². The molecule has 0 aliphatic carbocycles. The fourth-order valence-electron chi connectivity index (χ4n) is 1.73. The molecule has 1 heterocycles. The molecule has 0 spiro atoms. The molecule has 1 aromatic carbocycles. The summed E-state index contributed by atoms with van der Waals surface area (Å²) in [6, 6.07) is 7.37. The van der Waals surface area contributed by atoms with Gasteiger partial charge in [-0.3, -0.25) is 0 Å². The van der Waals surface area contributed by atoms with E-state index >= 15 is 0 Å². The molecule has 0 fully saturated rings. The molecule has 0 saturated heterocycles. The summed E-state index contributed by atoms with van der Waals surface area (Å²) in [7, 11) is 0. The summed E-state index contributed by atoms with van der Waals surface area (Å²) in [5.74, 6) is 1.00. The lowest BCUT2D eigenvalue weighted by Gasteiger charge is -2.23. The van der Waals surface area contributed by atoms with Gasteiger partial charge in [0.05, 0.1) is 5.56 Å². The van der Waals surface area contributed by atoms with Crippen LogP contribution in [0, 0.1) is 0 Å². The molecule has 2 N–H and O–H groups in total. The Balaban J connectivity index is 1.95. The van der Waals surface area contributed by atoms with Crippen molar-refractivity contribution in [1.82, 2.24) is 15.5 Å². The van der Waals surface area contributed by atoms with E-state index in [-0.39, 0.29) is 12.1 Å². The van der Waals surface area contributed by atoms with E-state index in [9.17, 15) is 5.11 Å². The van der Waals surface area contributed by atoms with Gasteiger partial charge in [-0.2, -0.15) is 0 Å². The number of para-hydroxylation sites is 1. The van der Waals surface area contributed by atoms with Gasteiger partial charge in [-0.25, -0.2) is 0 Å². The Labute approximate surface area is 124 Å². The predicted molar refractivity (Wildman–Crippen MR) is 79.0 cm³/mol. The van der Waals surface area contributed by atoms with Crippen molar-refractivity contribution in [3.63, 3.8) is 0 Å². The van der Waals surface area contributed by atoms with E-state index in [2.05, 4.69) is 15.5 Å². The molecule has 0 saturated carbocycles. The highest BCUT2D eigenvalue weighted by atomic mass is 16.5. The summed E-state index contributed by atoms with van der Waals surface area (Å²) in [4.78, 5) is 0. The number of nitrogens with zero attached hydrogens (tertiary/aromatic N) is 2. The van der Waals surface area contributed by atoms with Gasteiger partial charge in [0, 0.05) is 12.1 Å². The van der Waals surface area contributed by atoms with Gasteiger partial charge in [0.2, 0.25) is 6.39 Å². The number of ether oxygens (including phenoxy) is 1. The van der Waals surface area contributed by atoms with E-state index in [1.807, 2.05) is 45.0 Å². The molecule has 0 aliphatic heterocycles. The van der Waals surface area contributed by atoms with Gasteiger partial charge in [-0.15, -0.1) is 10.2 Å². The summed E-state index contributed by atoms with van der Waals surface area (Å²) in [5, 5.41) is 20.7. The van der Waals surface area contributed by atoms with E-state index in [0.29, 0.717) is 23.7 Å². The minimum absolute atomic E-state index is 0.0390. The molecular weight excluding hydrogens is 270 g/mol. The van der Waals surface area contributed by atoms with Crippen LogP contribution in [-0.2, 0) is 0 Å². The number of nitrogens with one attached hydrogen (secondary N) is 1. The van der Waals surface area contributed by atoms with Crippen molar-refractivity contribution in [3.05, 3.63) is 30.7 Å². The second-order valence-electron chi connectivity index (χ2n) is 5.84. The molecule has 1 atom stereocenters. The monoisotopic (exact) mass is 291 g/mol. The van der Waals surface area contributed by atoms with Gasteiger partial charge < -0.3 is 19.6 Å². The van der Waals surface area contributed by atoms with Crippen molar-refractivity contribution in [1.29, 1.82) is 0 Å². The Morgan fingerprint density at radius 1 is 1.33 bits per heavy atom. The number of rotatable bonds is 6. The Hall–Kier alpha value is -1.92. The quantitative estimate of drug-likeness (QED) is 0.845. The van der Waals surface area contributed by atoms with Gasteiger partial charge >= 0.3 is 0 Å². The minimum Gasteiger partial charge on any atom is -0.490 e. The first kappa shape index (κ1) is 15.5. The first-order chi connectivity index (χ1) is 9.96. The van der Waals surface area contributed by atoms with Crippen LogP contribution in [-0.4, -0.2) is 40.1 Å². The maximum Gasteiger partial charge on any atom is 0.251 e. The first-order valence-electron chi connectivity index (χ1n) is 6.87. The van der Waals surface area contributed by atoms with Crippen LogP contribution in [0.5, 0.6) is 5.75 Å². The second kappa shape index (κ2) is 6.69. The number of benzene rings is 1. The Morgan fingerprint density at radius 3 is 2.76 bits per heavy atom. The summed E-state index contributed by atoms with van der Waals surface area (Å²) >= 11 is 0. The van der Waals surface area contributed by atoms with Crippen LogP contribution in [0.4, 0.5) is 0 Å². The lowest BCUT2D eigenvalue weighted by atomic mass is 10.1. The standard InChI is InChI=1S/C15H21N3O3/c1-15(2,3)16-8-11(19)9-20-13-7-5-4-6-12(13)14-18-17-10-21-14/h4-7,10-11,16,19H,8-9H2,1-3H3. The van der Waals surface area contributed by atoms with E-state index in [4.69, 9.17) is 9.15 Å². The van der Waals surface area contributed by atoms with Crippen LogP contribution in [0.25, 0.3) is 11.5 Å². The summed E-state index contributed by atoms with van der Waals surface area (Å²) < 4.78 is 10.9. The van der Waals surface area contributed by atoms with Crippen molar-refractivity contribution in [2.24, 2.45) is 0 Å². The fourth-order valence-corrected chi connectivity index (χ4v) is 1.73. The second-order valence-corrected chi connectivity index (χ2v) is 5.84. The van der Waals surface area contributed by atoms with Crippen LogP contribution >= 0.6 is 0 Å². The largest absolute Gasteiger partial charge is 0.490 e. The molecule has 2 rings (SSSR count). The number of hydrogen-bond donors (Lipinski definition) is 2. The van der Waals surface area contributed by atoms with Crippen molar-refractivity contribution >= 4 is 0 Å². The van der Waals surface area contributed by atoms with Gasteiger partial charge in [-0.1, -0.05) is 12.1 Å². The maximum atomic E-state index is 9.96. The summed E-state index contributed by atoms with van der Waals surface area (Å²) in [6.07, 6.45) is 0.675. The van der Waals surface area contributed by atoms with Gasteiger partial charge in [0.15, 0.2) is 0 Å². The van der Waals surface area contributed by atoms with Gasteiger partial charge in [-0.05, 0) is 32.9 Å². The molecule has 0 aliphatic rings. The third-order valence-electron chi connectivity index (χ3n) is 2.78. The van der Waals surface area contributed by atoms with Crippen LogP contribution in [0.1, 0.15) is 20.8 Å². The van der Waals surface area contributed by atoms with Crippen molar-refractivity contribution < 1.29 is 14.3 Å². The fraction of sp³-hybridized carbons (Fsp3) is 0.467. The number of hydrogen-bond acceptors (Lipinski definition) is 6. The molecule has 0 bridgehead atoms. The maximum absolute atomic E-state index is 9.96. The molecule has 0 amide bonds. The molecular formula is C15H21N3O3. The van der Waals surface area contributed by atoms with E-state index in [1.165, 1.54) is 6.39 Å². The van der Waals surface area contributed by atoms with Crippen LogP contribution in [0.3, 0.4) is 0 Å². The Bertz CT molecular complexity index is 550. The normalized spacial score (nSPS) is 13.1. The molecule has 0 radical (unpaired) electrons.